The molecule has 0 saturated carbocycles. The minimum atomic E-state index is -0.620. The first-order valence-corrected chi connectivity index (χ1v) is 10.0. The van der Waals surface area contributed by atoms with Crippen LogP contribution in [0.2, 0.25) is 5.02 Å². The van der Waals surface area contributed by atoms with Crippen LogP contribution in [-0.2, 0) is 9.53 Å². The Kier molecular flexibility index (Phi) is 5.79. The first-order chi connectivity index (χ1) is 14.5. The number of carbonyl (C=O) groups excluding carboxylic acids is 2. The van der Waals surface area contributed by atoms with Gasteiger partial charge >= 0.3 is 11.9 Å². The Morgan fingerprint density at radius 2 is 1.77 bits per heavy atom. The molecule has 3 aromatic rings. The Labute approximate surface area is 185 Å². The quantitative estimate of drug-likeness (QED) is 0.273. The van der Waals surface area contributed by atoms with Crippen LogP contribution in [0.3, 0.4) is 0 Å². The highest BCUT2D eigenvalue weighted by Crippen LogP contribution is 2.29. The fourth-order valence-electron chi connectivity index (χ4n) is 2.76. The summed E-state index contributed by atoms with van der Waals surface area (Å²) < 4.78 is 11.6. The first-order valence-electron chi connectivity index (χ1n) is 8.85. The summed E-state index contributed by atoms with van der Waals surface area (Å²) in [6, 6.07) is 20.7. The van der Waals surface area contributed by atoms with Crippen LogP contribution in [0.4, 0.5) is 0 Å². The number of esters is 2. The van der Waals surface area contributed by atoms with Gasteiger partial charge in [-0.05, 0) is 48.5 Å². The summed E-state index contributed by atoms with van der Waals surface area (Å²) in [7, 11) is 0. The molecule has 0 spiro atoms. The van der Waals surface area contributed by atoms with E-state index in [4.69, 9.17) is 21.1 Å². The monoisotopic (exact) mass is 481 g/mol. The summed E-state index contributed by atoms with van der Waals surface area (Å²) in [4.78, 5) is 29.1. The van der Waals surface area contributed by atoms with E-state index in [1.807, 2.05) is 6.07 Å². The van der Waals surface area contributed by atoms with E-state index in [1.54, 1.807) is 66.7 Å². The van der Waals surface area contributed by atoms with E-state index in [1.165, 1.54) is 6.08 Å². The smallest absolute Gasteiger partial charge is 0.363 e. The molecule has 0 radical (unpaired) electrons. The Balaban J connectivity index is 1.68. The number of hydrogen-bond donors (Lipinski definition) is 0. The predicted octanol–water partition coefficient (Wildman–Crippen LogP) is 5.67. The van der Waals surface area contributed by atoms with Crippen LogP contribution < -0.4 is 4.74 Å². The molecular formula is C23H13BrClNO4. The minimum Gasteiger partial charge on any atom is -0.422 e. The number of halogens is 2. The highest BCUT2D eigenvalue weighted by molar-refractivity contribution is 9.10. The van der Waals surface area contributed by atoms with Gasteiger partial charge in [-0.1, -0.05) is 57.9 Å². The molecule has 0 fully saturated rings. The summed E-state index contributed by atoms with van der Waals surface area (Å²) in [6.07, 6.45) is 1.50. The fourth-order valence-corrected chi connectivity index (χ4v) is 3.36. The lowest BCUT2D eigenvalue weighted by atomic mass is 10.1. The fraction of sp³-hybridized carbons (Fsp3) is 0. The summed E-state index contributed by atoms with van der Waals surface area (Å²) in [5.74, 6) is -0.722. The lowest BCUT2D eigenvalue weighted by Crippen LogP contribution is -2.09. The van der Waals surface area contributed by atoms with Gasteiger partial charge in [-0.25, -0.2) is 14.6 Å². The molecule has 1 aliphatic heterocycles. The largest absolute Gasteiger partial charge is 0.422 e. The molecule has 0 amide bonds. The Morgan fingerprint density at radius 1 is 1.03 bits per heavy atom. The summed E-state index contributed by atoms with van der Waals surface area (Å²) in [5.41, 5.74) is 1.49. The molecule has 0 aromatic heterocycles. The molecule has 0 bridgehead atoms. The van der Waals surface area contributed by atoms with E-state index in [-0.39, 0.29) is 17.3 Å². The lowest BCUT2D eigenvalue weighted by molar-refractivity contribution is -0.129. The van der Waals surface area contributed by atoms with E-state index < -0.39 is 11.9 Å². The number of benzene rings is 3. The van der Waals surface area contributed by atoms with Crippen LogP contribution >= 0.6 is 27.5 Å². The van der Waals surface area contributed by atoms with Gasteiger partial charge in [0.25, 0.3) is 0 Å². The van der Waals surface area contributed by atoms with Crippen LogP contribution in [0.15, 0.2) is 88.0 Å². The van der Waals surface area contributed by atoms with Crippen LogP contribution in [0.5, 0.6) is 5.75 Å². The maximum absolute atomic E-state index is 12.4. The van der Waals surface area contributed by atoms with Gasteiger partial charge in [0.15, 0.2) is 5.70 Å². The molecule has 1 heterocycles. The number of nitrogens with zero attached hydrogens (tertiary/aromatic N) is 1. The van der Waals surface area contributed by atoms with Gasteiger partial charge in [-0.3, -0.25) is 0 Å². The zero-order chi connectivity index (χ0) is 21.1. The van der Waals surface area contributed by atoms with Crippen molar-refractivity contribution >= 4 is 51.4 Å². The van der Waals surface area contributed by atoms with Crippen molar-refractivity contribution in [2.45, 2.75) is 0 Å². The molecule has 0 N–H and O–H groups in total. The van der Waals surface area contributed by atoms with Gasteiger partial charge in [0.05, 0.1) is 16.1 Å². The molecule has 7 heteroatoms. The van der Waals surface area contributed by atoms with Gasteiger partial charge in [0, 0.05) is 10.0 Å². The Hall–Kier alpha value is -3.22. The summed E-state index contributed by atoms with van der Waals surface area (Å²) >= 11 is 9.56. The summed E-state index contributed by atoms with van der Waals surface area (Å²) in [6.45, 7) is 0. The van der Waals surface area contributed by atoms with Gasteiger partial charge in [-0.15, -0.1) is 0 Å². The number of hydrogen-bond acceptors (Lipinski definition) is 5. The maximum atomic E-state index is 12.4. The molecule has 5 nitrogen and oxygen atoms in total. The van der Waals surface area contributed by atoms with Gasteiger partial charge < -0.3 is 9.47 Å². The molecular weight excluding hydrogens is 470 g/mol. The number of cyclic esters (lactones) is 1. The molecule has 4 rings (SSSR count). The molecule has 0 atom stereocenters. The highest BCUT2D eigenvalue weighted by atomic mass is 79.9. The first kappa shape index (κ1) is 20.1. The predicted molar refractivity (Wildman–Crippen MR) is 118 cm³/mol. The Morgan fingerprint density at radius 3 is 2.53 bits per heavy atom. The molecule has 0 unspecified atom stereocenters. The lowest BCUT2D eigenvalue weighted by Gasteiger charge is -2.08. The van der Waals surface area contributed by atoms with Crippen molar-refractivity contribution in [2.75, 3.05) is 0 Å². The second-order valence-corrected chi connectivity index (χ2v) is 7.58. The number of ether oxygens (including phenoxy) is 2. The molecule has 30 heavy (non-hydrogen) atoms. The van der Waals surface area contributed by atoms with Crippen LogP contribution in [0, 0.1) is 0 Å². The molecule has 0 saturated heterocycles. The third-order valence-corrected chi connectivity index (χ3v) is 5.02. The third-order valence-electron chi connectivity index (χ3n) is 4.20. The van der Waals surface area contributed by atoms with E-state index in [2.05, 4.69) is 20.9 Å². The van der Waals surface area contributed by atoms with Crippen molar-refractivity contribution in [1.29, 1.82) is 0 Å². The van der Waals surface area contributed by atoms with Crippen LogP contribution in [0.1, 0.15) is 21.5 Å². The SMILES string of the molecule is O=C1OC(c2ccccc2Cl)=N/C1=C\c1cc(Br)ccc1OC(=O)c1ccccc1. The number of rotatable bonds is 4. The summed E-state index contributed by atoms with van der Waals surface area (Å²) in [5, 5.41) is 0.422. The zero-order valence-electron chi connectivity index (χ0n) is 15.3. The van der Waals surface area contributed by atoms with E-state index in [0.717, 1.165) is 4.47 Å². The second kappa shape index (κ2) is 8.65. The number of carbonyl (C=O) groups is 2. The molecule has 1 aliphatic rings. The molecule has 3 aromatic carbocycles. The van der Waals surface area contributed by atoms with Gasteiger partial charge in [-0.2, -0.15) is 0 Å². The topological polar surface area (TPSA) is 65.0 Å². The van der Waals surface area contributed by atoms with E-state index in [9.17, 15) is 9.59 Å². The second-order valence-electron chi connectivity index (χ2n) is 6.25. The van der Waals surface area contributed by atoms with Crippen molar-refractivity contribution in [3.63, 3.8) is 0 Å². The van der Waals surface area contributed by atoms with Gasteiger partial charge in [0.2, 0.25) is 5.90 Å². The van der Waals surface area contributed by atoms with E-state index in [0.29, 0.717) is 21.7 Å². The average Bonchev–Trinajstić information content (AvgIpc) is 3.11. The highest BCUT2D eigenvalue weighted by Gasteiger charge is 2.26. The molecule has 148 valence electrons. The van der Waals surface area contributed by atoms with Crippen molar-refractivity contribution in [2.24, 2.45) is 4.99 Å². The third kappa shape index (κ3) is 4.35. The normalized spacial score (nSPS) is 14.4. The van der Waals surface area contributed by atoms with Crippen molar-refractivity contribution < 1.29 is 19.1 Å². The average molecular weight is 483 g/mol. The Bertz CT molecular complexity index is 1200. The van der Waals surface area contributed by atoms with Crippen molar-refractivity contribution in [3.05, 3.63) is 105 Å². The van der Waals surface area contributed by atoms with Crippen LogP contribution in [0.25, 0.3) is 6.08 Å². The van der Waals surface area contributed by atoms with Crippen molar-refractivity contribution in [3.8, 4) is 5.75 Å². The van der Waals surface area contributed by atoms with E-state index >= 15 is 0 Å². The standard InChI is InChI=1S/C23H13BrClNO4/c24-16-10-11-20(29-22(27)14-6-2-1-3-7-14)15(12-16)13-19-23(28)30-21(26-19)17-8-4-5-9-18(17)25/h1-13H/b19-13-. The minimum absolute atomic E-state index is 0.0695. The number of aliphatic imine (C=N–C) groups is 1. The van der Waals surface area contributed by atoms with Crippen LogP contribution in [-0.4, -0.2) is 17.8 Å². The zero-order valence-corrected chi connectivity index (χ0v) is 17.7. The molecule has 0 aliphatic carbocycles. The van der Waals surface area contributed by atoms with Gasteiger partial charge in [0.1, 0.15) is 5.75 Å². The van der Waals surface area contributed by atoms with Crippen molar-refractivity contribution in [1.82, 2.24) is 0 Å². The maximum Gasteiger partial charge on any atom is 0.363 e.